The first-order valence-electron chi connectivity index (χ1n) is 9.69. The minimum Gasteiger partial charge on any atom is -0.369 e. The van der Waals surface area contributed by atoms with Crippen LogP contribution < -0.4 is 0 Å². The second kappa shape index (κ2) is 7.52. The molecule has 0 radical (unpaired) electrons. The van der Waals surface area contributed by atoms with Crippen LogP contribution in [0.1, 0.15) is 58.8 Å². The summed E-state index contributed by atoms with van der Waals surface area (Å²) in [6, 6.07) is 0.600. The standard InChI is InChI=1S/C19H34N2O2/c1-14(2)21-17(18(23-3)19(21)22)16-9-11-20(12-10-16)13-15-7-5-4-6-8-15/h14-18H,4-13H2,1-3H3/t17-,18+/m0/s1. The third-order valence-corrected chi connectivity index (χ3v) is 6.30. The highest BCUT2D eigenvalue weighted by molar-refractivity contribution is 5.88. The molecule has 23 heavy (non-hydrogen) atoms. The van der Waals surface area contributed by atoms with Gasteiger partial charge >= 0.3 is 0 Å². The van der Waals surface area contributed by atoms with Gasteiger partial charge in [0.15, 0.2) is 6.10 Å². The molecule has 132 valence electrons. The molecule has 0 N–H and O–H groups in total. The largest absolute Gasteiger partial charge is 0.369 e. The van der Waals surface area contributed by atoms with Gasteiger partial charge in [-0.25, -0.2) is 0 Å². The summed E-state index contributed by atoms with van der Waals surface area (Å²) in [5.41, 5.74) is 0. The van der Waals surface area contributed by atoms with Crippen LogP contribution in [-0.2, 0) is 9.53 Å². The summed E-state index contributed by atoms with van der Waals surface area (Å²) < 4.78 is 5.49. The van der Waals surface area contributed by atoms with Crippen LogP contribution in [-0.4, -0.2) is 60.6 Å². The van der Waals surface area contributed by atoms with Crippen LogP contribution in [0.2, 0.25) is 0 Å². The van der Waals surface area contributed by atoms with Crippen LogP contribution in [0.4, 0.5) is 0 Å². The van der Waals surface area contributed by atoms with Gasteiger partial charge in [-0.1, -0.05) is 19.3 Å². The number of β-lactam (4-membered cyclic amide) rings is 1. The fourth-order valence-electron chi connectivity index (χ4n) is 5.03. The molecule has 4 nitrogen and oxygen atoms in total. The van der Waals surface area contributed by atoms with Crippen molar-refractivity contribution in [2.45, 2.75) is 77.0 Å². The van der Waals surface area contributed by atoms with E-state index in [0.29, 0.717) is 18.0 Å². The van der Waals surface area contributed by atoms with E-state index < -0.39 is 0 Å². The van der Waals surface area contributed by atoms with Crippen molar-refractivity contribution < 1.29 is 9.53 Å². The topological polar surface area (TPSA) is 32.8 Å². The summed E-state index contributed by atoms with van der Waals surface area (Å²) in [5.74, 6) is 1.74. The second-order valence-corrected chi connectivity index (χ2v) is 8.13. The first kappa shape index (κ1) is 17.2. The summed E-state index contributed by atoms with van der Waals surface area (Å²) in [5, 5.41) is 0. The average Bonchev–Trinajstić information content (AvgIpc) is 2.54. The minimum atomic E-state index is -0.188. The van der Waals surface area contributed by atoms with E-state index in [4.69, 9.17) is 4.74 Å². The van der Waals surface area contributed by atoms with Crippen molar-refractivity contribution in [1.82, 2.24) is 9.80 Å². The van der Waals surface area contributed by atoms with Crippen molar-refractivity contribution in [2.75, 3.05) is 26.7 Å². The lowest BCUT2D eigenvalue weighted by Crippen LogP contribution is -2.70. The number of carbonyl (C=O) groups is 1. The molecule has 2 heterocycles. The van der Waals surface area contributed by atoms with Crippen molar-refractivity contribution in [3.63, 3.8) is 0 Å². The summed E-state index contributed by atoms with van der Waals surface area (Å²) >= 11 is 0. The summed E-state index contributed by atoms with van der Waals surface area (Å²) in [4.78, 5) is 16.9. The van der Waals surface area contributed by atoms with E-state index in [1.807, 2.05) is 0 Å². The third kappa shape index (κ3) is 3.58. The summed E-state index contributed by atoms with van der Waals surface area (Å²) in [6.45, 7) is 7.95. The van der Waals surface area contributed by atoms with Crippen molar-refractivity contribution in [1.29, 1.82) is 0 Å². The number of hydrogen-bond donors (Lipinski definition) is 0. The van der Waals surface area contributed by atoms with Gasteiger partial charge in [0.05, 0.1) is 6.04 Å². The molecule has 2 atom stereocenters. The molecular formula is C19H34N2O2. The maximum absolute atomic E-state index is 12.2. The molecule has 0 aromatic carbocycles. The summed E-state index contributed by atoms with van der Waals surface area (Å²) in [7, 11) is 1.69. The number of ether oxygens (including phenoxy) is 1. The molecular weight excluding hydrogens is 288 g/mol. The zero-order chi connectivity index (χ0) is 16.4. The van der Waals surface area contributed by atoms with Gasteiger partial charge in [-0.2, -0.15) is 0 Å². The smallest absolute Gasteiger partial charge is 0.254 e. The quantitative estimate of drug-likeness (QED) is 0.730. The molecule has 0 spiro atoms. The van der Waals surface area contributed by atoms with E-state index in [1.54, 1.807) is 7.11 Å². The second-order valence-electron chi connectivity index (χ2n) is 8.13. The van der Waals surface area contributed by atoms with Crippen molar-refractivity contribution in [3.05, 3.63) is 0 Å². The minimum absolute atomic E-state index is 0.188. The normalized spacial score (nSPS) is 31.7. The highest BCUT2D eigenvalue weighted by Crippen LogP contribution is 2.36. The molecule has 1 saturated carbocycles. The Morgan fingerprint density at radius 1 is 1.09 bits per heavy atom. The van der Waals surface area contributed by atoms with Gasteiger partial charge in [-0.3, -0.25) is 4.79 Å². The fourth-order valence-corrected chi connectivity index (χ4v) is 5.03. The van der Waals surface area contributed by atoms with E-state index in [1.165, 1.54) is 64.6 Å². The van der Waals surface area contributed by atoms with Gasteiger partial charge in [-0.15, -0.1) is 0 Å². The van der Waals surface area contributed by atoms with Crippen LogP contribution in [0.25, 0.3) is 0 Å². The molecule has 2 saturated heterocycles. The Morgan fingerprint density at radius 2 is 1.74 bits per heavy atom. The zero-order valence-electron chi connectivity index (χ0n) is 15.2. The van der Waals surface area contributed by atoms with Crippen LogP contribution in [0, 0.1) is 11.8 Å². The molecule has 3 aliphatic rings. The average molecular weight is 322 g/mol. The van der Waals surface area contributed by atoms with E-state index in [2.05, 4.69) is 23.6 Å². The lowest BCUT2D eigenvalue weighted by Gasteiger charge is -2.53. The molecule has 0 aromatic heterocycles. The third-order valence-electron chi connectivity index (χ3n) is 6.30. The highest BCUT2D eigenvalue weighted by Gasteiger charge is 2.52. The molecule has 4 heteroatoms. The predicted molar refractivity (Wildman–Crippen MR) is 92.3 cm³/mol. The number of rotatable bonds is 5. The van der Waals surface area contributed by atoms with Crippen LogP contribution >= 0.6 is 0 Å². The van der Waals surface area contributed by atoms with Crippen molar-refractivity contribution in [2.24, 2.45) is 11.8 Å². The molecule has 1 aliphatic carbocycles. The molecule has 2 aliphatic heterocycles. The molecule has 0 unspecified atom stereocenters. The molecule has 1 amide bonds. The van der Waals surface area contributed by atoms with Gasteiger partial charge in [0.2, 0.25) is 0 Å². The molecule has 0 aromatic rings. The van der Waals surface area contributed by atoms with Crippen LogP contribution in [0.5, 0.6) is 0 Å². The number of likely N-dealkylation sites (tertiary alicyclic amines) is 2. The Balaban J connectivity index is 1.50. The first-order chi connectivity index (χ1) is 11.1. The maximum Gasteiger partial charge on any atom is 0.254 e. The number of carbonyl (C=O) groups excluding carboxylic acids is 1. The lowest BCUT2D eigenvalue weighted by atomic mass is 9.78. The van der Waals surface area contributed by atoms with Crippen molar-refractivity contribution >= 4 is 5.91 Å². The van der Waals surface area contributed by atoms with Gasteiger partial charge in [0.25, 0.3) is 5.91 Å². The highest BCUT2D eigenvalue weighted by atomic mass is 16.5. The monoisotopic (exact) mass is 322 g/mol. The SMILES string of the molecule is CO[C@H]1C(=O)N(C(C)C)[C@H]1C1CCN(CC2CCCCC2)CC1. The van der Waals surface area contributed by atoms with Gasteiger partial charge in [0, 0.05) is 19.7 Å². The Kier molecular flexibility index (Phi) is 5.63. The Bertz CT molecular complexity index is 398. The van der Waals surface area contributed by atoms with Crippen molar-refractivity contribution in [3.8, 4) is 0 Å². The Hall–Kier alpha value is -0.610. The summed E-state index contributed by atoms with van der Waals surface area (Å²) in [6.07, 6.45) is 9.42. The number of amides is 1. The molecule has 0 bridgehead atoms. The van der Waals surface area contributed by atoms with E-state index >= 15 is 0 Å². The molecule has 3 rings (SSSR count). The van der Waals surface area contributed by atoms with Gasteiger partial charge in [-0.05, 0) is 64.5 Å². The Labute approximate surface area is 141 Å². The maximum atomic E-state index is 12.2. The first-order valence-corrected chi connectivity index (χ1v) is 9.69. The number of methoxy groups -OCH3 is 1. The van der Waals surface area contributed by atoms with E-state index in [0.717, 1.165) is 5.92 Å². The number of piperidine rings is 1. The predicted octanol–water partition coefficient (Wildman–Crippen LogP) is 2.91. The van der Waals surface area contributed by atoms with E-state index in [-0.39, 0.29) is 12.0 Å². The number of nitrogens with zero attached hydrogens (tertiary/aromatic N) is 2. The number of hydrogen-bond acceptors (Lipinski definition) is 3. The van der Waals surface area contributed by atoms with Gasteiger partial charge < -0.3 is 14.5 Å². The Morgan fingerprint density at radius 3 is 2.30 bits per heavy atom. The van der Waals surface area contributed by atoms with Gasteiger partial charge in [0.1, 0.15) is 0 Å². The van der Waals surface area contributed by atoms with Crippen LogP contribution in [0.3, 0.4) is 0 Å². The zero-order valence-corrected chi connectivity index (χ0v) is 15.2. The fraction of sp³-hybridized carbons (Fsp3) is 0.947. The lowest BCUT2D eigenvalue weighted by molar-refractivity contribution is -0.181. The van der Waals surface area contributed by atoms with E-state index in [9.17, 15) is 4.79 Å². The molecule has 3 fully saturated rings. The van der Waals surface area contributed by atoms with Crippen LogP contribution in [0.15, 0.2) is 0 Å².